The van der Waals surface area contributed by atoms with Gasteiger partial charge in [0.25, 0.3) is 0 Å². The van der Waals surface area contributed by atoms with E-state index in [1.807, 2.05) is 55.0 Å². The molecule has 1 heterocycles. The van der Waals surface area contributed by atoms with E-state index in [1.54, 1.807) is 0 Å². The van der Waals surface area contributed by atoms with Crippen molar-refractivity contribution < 1.29 is 4.79 Å². The third-order valence-corrected chi connectivity index (χ3v) is 5.56. The lowest BCUT2D eigenvalue weighted by Crippen LogP contribution is -2.29. The fourth-order valence-electron chi connectivity index (χ4n) is 3.75. The van der Waals surface area contributed by atoms with Gasteiger partial charge in [-0.3, -0.25) is 4.79 Å². The Balaban J connectivity index is 1.47. The van der Waals surface area contributed by atoms with Crippen molar-refractivity contribution in [2.24, 2.45) is 5.73 Å². The molecule has 0 aliphatic rings. The number of nitrogens with one attached hydrogen (secondary N) is 1. The topological polar surface area (TPSA) is 96.7 Å². The quantitative estimate of drug-likeness (QED) is 0.442. The molecule has 0 atom stereocenters. The molecule has 0 spiro atoms. The summed E-state index contributed by atoms with van der Waals surface area (Å²) in [5.41, 5.74) is 12.7. The van der Waals surface area contributed by atoms with Gasteiger partial charge in [-0.15, -0.1) is 0 Å². The molecule has 0 aliphatic heterocycles. The maximum Gasteiger partial charge on any atom is 0.234 e. The summed E-state index contributed by atoms with van der Waals surface area (Å²) < 4.78 is 2.14. The van der Waals surface area contributed by atoms with Gasteiger partial charge in [0, 0.05) is 31.4 Å². The summed E-state index contributed by atoms with van der Waals surface area (Å²) in [5, 5.41) is 11.8. The minimum Gasteiger partial charge on any atom is -0.351 e. The van der Waals surface area contributed by atoms with E-state index in [0.717, 1.165) is 40.9 Å². The number of nitrogens with two attached hydrogens (primary N) is 1. The second-order valence-electron chi connectivity index (χ2n) is 7.83. The number of amides is 1. The van der Waals surface area contributed by atoms with Gasteiger partial charge in [0.1, 0.15) is 0 Å². The molecule has 164 valence electrons. The van der Waals surface area contributed by atoms with Gasteiger partial charge in [0.2, 0.25) is 5.91 Å². The SMILES string of the molecule is N#Cc1ccc(Cc2cncn2Cc2ccc(-c3ccccc3CNC(=O)CN)cc2)cc1. The Morgan fingerprint density at radius 2 is 1.73 bits per heavy atom. The first-order valence-electron chi connectivity index (χ1n) is 10.8. The predicted molar refractivity (Wildman–Crippen MR) is 128 cm³/mol. The van der Waals surface area contributed by atoms with E-state index in [9.17, 15) is 4.79 Å². The minimum atomic E-state index is -0.169. The molecule has 0 saturated heterocycles. The van der Waals surface area contributed by atoms with Crippen LogP contribution in [-0.2, 0) is 24.3 Å². The molecule has 4 aromatic rings. The molecular formula is C27H25N5O. The minimum absolute atomic E-state index is 0.0156. The van der Waals surface area contributed by atoms with E-state index in [1.165, 1.54) is 5.56 Å². The highest BCUT2D eigenvalue weighted by molar-refractivity contribution is 5.78. The Morgan fingerprint density at radius 1 is 1.00 bits per heavy atom. The summed E-state index contributed by atoms with van der Waals surface area (Å²) in [6.45, 7) is 1.15. The number of imidazole rings is 1. The summed E-state index contributed by atoms with van der Waals surface area (Å²) in [7, 11) is 0. The smallest absolute Gasteiger partial charge is 0.234 e. The molecule has 0 bridgehead atoms. The monoisotopic (exact) mass is 435 g/mol. The molecular weight excluding hydrogens is 410 g/mol. The number of rotatable bonds is 8. The van der Waals surface area contributed by atoms with E-state index >= 15 is 0 Å². The standard InChI is InChI=1S/C27H25N5O/c28-14-21-7-5-20(6-8-21)13-25-17-30-19-32(25)18-22-9-11-23(12-10-22)26-4-2-1-3-24(26)16-31-27(33)15-29/h1-12,17,19H,13,15-16,18,29H2,(H,31,33). The van der Waals surface area contributed by atoms with Gasteiger partial charge in [-0.25, -0.2) is 4.98 Å². The van der Waals surface area contributed by atoms with Crippen LogP contribution in [0.1, 0.15) is 27.9 Å². The largest absolute Gasteiger partial charge is 0.351 e. The highest BCUT2D eigenvalue weighted by Gasteiger charge is 2.08. The fraction of sp³-hybridized carbons (Fsp3) is 0.148. The van der Waals surface area contributed by atoms with Crippen LogP contribution in [0.5, 0.6) is 0 Å². The van der Waals surface area contributed by atoms with Crippen molar-refractivity contribution in [1.82, 2.24) is 14.9 Å². The molecule has 3 aromatic carbocycles. The zero-order valence-electron chi connectivity index (χ0n) is 18.2. The maximum absolute atomic E-state index is 11.5. The summed E-state index contributed by atoms with van der Waals surface area (Å²) in [4.78, 5) is 15.9. The number of carbonyl (C=O) groups is 1. The van der Waals surface area contributed by atoms with Crippen molar-refractivity contribution in [2.75, 3.05) is 6.54 Å². The average molecular weight is 436 g/mol. The molecule has 3 N–H and O–H groups in total. The van der Waals surface area contributed by atoms with Crippen molar-refractivity contribution in [1.29, 1.82) is 5.26 Å². The number of hydrogen-bond donors (Lipinski definition) is 2. The first kappa shape index (κ1) is 22.0. The summed E-state index contributed by atoms with van der Waals surface area (Å²) in [6, 6.07) is 26.3. The van der Waals surface area contributed by atoms with E-state index in [0.29, 0.717) is 12.1 Å². The molecule has 6 heteroatoms. The fourth-order valence-corrected chi connectivity index (χ4v) is 3.75. The predicted octanol–water partition coefficient (Wildman–Crippen LogP) is 3.64. The van der Waals surface area contributed by atoms with Crippen LogP contribution in [0, 0.1) is 11.3 Å². The van der Waals surface area contributed by atoms with Crippen LogP contribution < -0.4 is 11.1 Å². The van der Waals surface area contributed by atoms with Gasteiger partial charge >= 0.3 is 0 Å². The number of hydrogen-bond acceptors (Lipinski definition) is 4. The van der Waals surface area contributed by atoms with Gasteiger partial charge in [0.15, 0.2) is 0 Å². The average Bonchev–Trinajstić information content (AvgIpc) is 3.30. The molecule has 0 fully saturated rings. The van der Waals surface area contributed by atoms with Crippen LogP contribution in [0.15, 0.2) is 85.3 Å². The molecule has 33 heavy (non-hydrogen) atoms. The van der Waals surface area contributed by atoms with Crippen LogP contribution >= 0.6 is 0 Å². The summed E-state index contributed by atoms with van der Waals surface area (Å²) in [5.74, 6) is -0.169. The highest BCUT2D eigenvalue weighted by atomic mass is 16.1. The molecule has 0 unspecified atom stereocenters. The maximum atomic E-state index is 11.5. The lowest BCUT2D eigenvalue weighted by atomic mass is 9.98. The molecule has 0 saturated carbocycles. The van der Waals surface area contributed by atoms with Crippen LogP contribution in [0.25, 0.3) is 11.1 Å². The van der Waals surface area contributed by atoms with Crippen LogP contribution in [0.4, 0.5) is 0 Å². The first-order chi connectivity index (χ1) is 16.2. The van der Waals surface area contributed by atoms with Crippen LogP contribution in [0.2, 0.25) is 0 Å². The third-order valence-electron chi connectivity index (χ3n) is 5.56. The van der Waals surface area contributed by atoms with E-state index < -0.39 is 0 Å². The Kier molecular flexibility index (Phi) is 6.93. The van der Waals surface area contributed by atoms with Gasteiger partial charge in [0.05, 0.1) is 24.5 Å². The lowest BCUT2D eigenvalue weighted by molar-refractivity contribution is -0.119. The molecule has 4 rings (SSSR count). The molecule has 0 radical (unpaired) electrons. The number of aromatic nitrogens is 2. The zero-order valence-corrected chi connectivity index (χ0v) is 18.2. The summed E-state index contributed by atoms with van der Waals surface area (Å²) in [6.07, 6.45) is 4.49. The molecule has 1 amide bonds. The Bertz CT molecular complexity index is 1270. The van der Waals surface area contributed by atoms with Gasteiger partial charge in [-0.1, -0.05) is 60.7 Å². The van der Waals surface area contributed by atoms with E-state index in [-0.39, 0.29) is 12.5 Å². The first-order valence-corrected chi connectivity index (χ1v) is 10.8. The van der Waals surface area contributed by atoms with E-state index in [2.05, 4.69) is 51.3 Å². The lowest BCUT2D eigenvalue weighted by Gasteiger charge is -2.12. The van der Waals surface area contributed by atoms with Crippen LogP contribution in [0.3, 0.4) is 0 Å². The number of carbonyl (C=O) groups excluding carboxylic acids is 1. The molecule has 6 nitrogen and oxygen atoms in total. The molecule has 0 aliphatic carbocycles. The van der Waals surface area contributed by atoms with Crippen molar-refractivity contribution in [2.45, 2.75) is 19.5 Å². The Hall–Kier alpha value is -4.21. The number of nitriles is 1. The van der Waals surface area contributed by atoms with Gasteiger partial charge in [-0.05, 0) is 39.9 Å². The second kappa shape index (κ2) is 10.4. The van der Waals surface area contributed by atoms with Crippen molar-refractivity contribution in [3.05, 3.63) is 113 Å². The third kappa shape index (κ3) is 5.53. The van der Waals surface area contributed by atoms with Crippen molar-refractivity contribution in [3.8, 4) is 17.2 Å². The summed E-state index contributed by atoms with van der Waals surface area (Å²) >= 11 is 0. The Morgan fingerprint density at radius 3 is 2.45 bits per heavy atom. The van der Waals surface area contributed by atoms with Gasteiger partial charge < -0.3 is 15.6 Å². The Labute approximate surface area is 193 Å². The number of benzene rings is 3. The second-order valence-corrected chi connectivity index (χ2v) is 7.83. The molecule has 1 aromatic heterocycles. The normalized spacial score (nSPS) is 10.5. The highest BCUT2D eigenvalue weighted by Crippen LogP contribution is 2.24. The number of nitrogens with zero attached hydrogens (tertiary/aromatic N) is 3. The van der Waals surface area contributed by atoms with E-state index in [4.69, 9.17) is 11.0 Å². The van der Waals surface area contributed by atoms with Crippen molar-refractivity contribution in [3.63, 3.8) is 0 Å². The van der Waals surface area contributed by atoms with Crippen molar-refractivity contribution >= 4 is 5.91 Å². The zero-order chi connectivity index (χ0) is 23.0. The van der Waals surface area contributed by atoms with Crippen LogP contribution in [-0.4, -0.2) is 22.0 Å². The van der Waals surface area contributed by atoms with Gasteiger partial charge in [-0.2, -0.15) is 5.26 Å².